The number of alkyl carbamates (subject to hydrolysis) is 1. The monoisotopic (exact) mass is 840 g/mol. The second-order valence-electron chi connectivity index (χ2n) is 16.8. The number of carbonyl (C=O) groups is 4. The highest BCUT2D eigenvalue weighted by molar-refractivity contribution is 5.91. The van der Waals surface area contributed by atoms with Gasteiger partial charge in [0.1, 0.15) is 29.9 Å². The molecule has 1 aliphatic heterocycles. The van der Waals surface area contributed by atoms with Crippen LogP contribution in [0, 0.1) is 5.82 Å². The number of hydrogen-bond donors (Lipinski definition) is 5. The number of anilines is 1. The molecule has 15 heteroatoms. The third-order valence-corrected chi connectivity index (χ3v) is 10.7. The van der Waals surface area contributed by atoms with Gasteiger partial charge in [0.25, 0.3) is 0 Å². The number of fused-ring (bicyclic) bond motifs is 1. The van der Waals surface area contributed by atoms with Crippen molar-refractivity contribution in [2.45, 2.75) is 90.0 Å². The number of piperazine rings is 1. The largest absolute Gasteiger partial charge is 0.458 e. The lowest BCUT2D eigenvalue weighted by atomic mass is 9.88. The van der Waals surface area contributed by atoms with Gasteiger partial charge in [0.2, 0.25) is 5.91 Å². The maximum absolute atomic E-state index is 14.5. The predicted molar refractivity (Wildman–Crippen MR) is 236 cm³/mol. The molecule has 0 saturated carbocycles. The first-order chi connectivity index (χ1) is 29.2. The first kappa shape index (κ1) is 44.2. The number of amides is 4. The van der Waals surface area contributed by atoms with Gasteiger partial charge >= 0.3 is 18.1 Å². The Morgan fingerprint density at radius 1 is 0.885 bits per heavy atom. The molecule has 1 saturated heterocycles. The van der Waals surface area contributed by atoms with Crippen molar-refractivity contribution in [3.05, 3.63) is 120 Å². The second-order valence-corrected chi connectivity index (χ2v) is 16.8. The molecular weight excluding hydrogens is 780 g/mol. The van der Waals surface area contributed by atoms with Gasteiger partial charge in [-0.25, -0.2) is 23.8 Å². The maximum Gasteiger partial charge on any atom is 0.407 e. The summed E-state index contributed by atoms with van der Waals surface area (Å²) in [6.45, 7) is 11.0. The summed E-state index contributed by atoms with van der Waals surface area (Å²) in [6.07, 6.45) is 4.68. The van der Waals surface area contributed by atoms with Gasteiger partial charge in [0.15, 0.2) is 0 Å². The number of nitrogens with zero attached hydrogens (tertiary/aromatic N) is 3. The zero-order valence-corrected chi connectivity index (χ0v) is 35.6. The molecule has 2 atom stereocenters. The van der Waals surface area contributed by atoms with Crippen LogP contribution in [0.1, 0.15) is 85.4 Å². The highest BCUT2D eigenvalue weighted by Gasteiger charge is 2.37. The van der Waals surface area contributed by atoms with Crippen molar-refractivity contribution in [3.63, 3.8) is 0 Å². The quantitative estimate of drug-likeness (QED) is 0.0501. The summed E-state index contributed by atoms with van der Waals surface area (Å²) in [5.41, 5.74) is 1.84. The molecule has 2 aromatic heterocycles. The average molecular weight is 841 g/mol. The fraction of sp³-hybridized carbons (Fsp3) is 0.413. The molecule has 0 unspecified atom stereocenters. The van der Waals surface area contributed by atoms with Gasteiger partial charge in [-0.15, -0.1) is 0 Å². The van der Waals surface area contributed by atoms with Gasteiger partial charge in [0.05, 0.1) is 17.1 Å². The smallest absolute Gasteiger partial charge is 0.407 e. The normalized spacial score (nSPS) is 14.3. The number of ether oxygens (including phenoxy) is 2. The van der Waals surface area contributed by atoms with Crippen LogP contribution in [-0.4, -0.2) is 88.2 Å². The number of aromatic amines is 2. The first-order valence-electron chi connectivity index (χ1n) is 20.8. The molecule has 0 spiro atoms. The standard InChI is InChI=1S/C46H57FN8O6.2H2/c1-45(2,3)61-41(56)36(20-13-14-22-48-44(59)60-30-31-15-7-6-8-16-31)51-42(57)46(4,5)39-29-50-40(53-39)37(27-32-28-49-35-19-11-9-17-33(32)35)52-43(58)55-25-23-54(24-26-55)38-21-12-10-18-34(38)47;;/h6-12,15-19,21,28-29,36-37,49H,13-14,20,22-27,30H2,1-5H3,(H,48,59)(H,50,53)(H,51,57)(H,52,58);2*1H/t36-,37-;;/m1../s1. The molecule has 1 fully saturated rings. The number of urea groups is 1. The summed E-state index contributed by atoms with van der Waals surface area (Å²) in [5, 5.41) is 9.85. The summed E-state index contributed by atoms with van der Waals surface area (Å²) in [5.74, 6) is -0.828. The summed E-state index contributed by atoms with van der Waals surface area (Å²) >= 11 is 0. The van der Waals surface area contributed by atoms with E-state index in [1.807, 2.05) is 65.7 Å². The van der Waals surface area contributed by atoms with Crippen LogP contribution in [0.4, 0.5) is 19.7 Å². The van der Waals surface area contributed by atoms with E-state index >= 15 is 0 Å². The summed E-state index contributed by atoms with van der Waals surface area (Å²) in [6, 6.07) is 22.1. The molecule has 5 N–H and O–H groups in total. The van der Waals surface area contributed by atoms with Crippen LogP contribution in [0.3, 0.4) is 0 Å². The van der Waals surface area contributed by atoms with Gasteiger partial charge in [-0.3, -0.25) is 4.79 Å². The van der Waals surface area contributed by atoms with E-state index in [1.54, 1.807) is 63.9 Å². The van der Waals surface area contributed by atoms with E-state index in [2.05, 4.69) is 25.9 Å². The molecule has 3 aromatic carbocycles. The topological polar surface area (TPSA) is 174 Å². The van der Waals surface area contributed by atoms with Crippen LogP contribution in [0.2, 0.25) is 0 Å². The van der Waals surface area contributed by atoms with Crippen molar-refractivity contribution in [2.75, 3.05) is 37.6 Å². The Bertz CT molecular complexity index is 2270. The lowest BCUT2D eigenvalue weighted by molar-refractivity contribution is -0.159. The van der Waals surface area contributed by atoms with Crippen molar-refractivity contribution in [1.82, 2.24) is 35.8 Å². The van der Waals surface area contributed by atoms with Gasteiger partial charge < -0.3 is 45.2 Å². The number of unbranched alkanes of at least 4 members (excludes halogenated alkanes) is 1. The number of aromatic nitrogens is 3. The Kier molecular flexibility index (Phi) is 14.3. The van der Waals surface area contributed by atoms with Crippen LogP contribution in [0.15, 0.2) is 91.3 Å². The number of esters is 1. The number of rotatable bonds is 16. The number of imidazole rings is 1. The average Bonchev–Trinajstić information content (AvgIpc) is 3.91. The van der Waals surface area contributed by atoms with Gasteiger partial charge in [-0.1, -0.05) is 60.7 Å². The third kappa shape index (κ3) is 11.9. The number of para-hydroxylation sites is 2. The molecular formula is C46H61FN8O6. The number of halogens is 1. The Hall–Kier alpha value is -6.38. The Labute approximate surface area is 358 Å². The van der Waals surface area contributed by atoms with Gasteiger partial charge in [-0.05, 0) is 83.2 Å². The van der Waals surface area contributed by atoms with Crippen LogP contribution in [0.25, 0.3) is 10.9 Å². The minimum Gasteiger partial charge on any atom is -0.458 e. The SMILES string of the molecule is CC(C)(C)OC(=O)[C@@H](CCCCNC(=O)OCc1ccccc1)NC(=O)C(C)(C)c1cnc([C@@H](Cc2c[nH]c3ccccc23)NC(=O)N2CCN(c3ccccc3F)CC2)[nH]1.[HH].[HH]. The van der Waals surface area contributed by atoms with Gasteiger partial charge in [-0.2, -0.15) is 0 Å². The molecule has 14 nitrogen and oxygen atoms in total. The Morgan fingerprint density at radius 2 is 1.59 bits per heavy atom. The molecule has 0 bridgehead atoms. The summed E-state index contributed by atoms with van der Waals surface area (Å²) in [4.78, 5) is 68.6. The zero-order valence-electron chi connectivity index (χ0n) is 35.6. The molecule has 0 aliphatic carbocycles. The van der Waals surface area contributed by atoms with Crippen LogP contribution in [0.5, 0.6) is 0 Å². The van der Waals surface area contributed by atoms with Crippen molar-refractivity contribution in [1.29, 1.82) is 0 Å². The molecule has 328 valence electrons. The molecule has 6 rings (SSSR count). The molecule has 4 amide bonds. The molecule has 61 heavy (non-hydrogen) atoms. The number of nitrogens with one attached hydrogen (secondary N) is 5. The van der Waals surface area contributed by atoms with Crippen molar-refractivity contribution < 1.29 is 35.9 Å². The molecule has 1 aliphatic rings. The number of hydrogen-bond acceptors (Lipinski definition) is 8. The number of H-pyrrole nitrogens is 2. The fourth-order valence-electron chi connectivity index (χ4n) is 7.19. The predicted octanol–water partition coefficient (Wildman–Crippen LogP) is 7.54. The van der Waals surface area contributed by atoms with Gasteiger partial charge in [0, 0.05) is 71.0 Å². The van der Waals surface area contributed by atoms with E-state index in [0.29, 0.717) is 69.2 Å². The van der Waals surface area contributed by atoms with Crippen LogP contribution < -0.4 is 20.9 Å². The minimum atomic E-state index is -1.19. The van der Waals surface area contributed by atoms with Crippen molar-refractivity contribution in [2.24, 2.45) is 0 Å². The second kappa shape index (κ2) is 19.8. The zero-order chi connectivity index (χ0) is 43.6. The highest BCUT2D eigenvalue weighted by Crippen LogP contribution is 2.28. The minimum absolute atomic E-state index is 0. The summed E-state index contributed by atoms with van der Waals surface area (Å²) in [7, 11) is 0. The van der Waals surface area contributed by atoms with Crippen molar-refractivity contribution in [3.8, 4) is 0 Å². The lowest BCUT2D eigenvalue weighted by Crippen LogP contribution is -2.52. The van der Waals surface area contributed by atoms with E-state index in [0.717, 1.165) is 22.0 Å². The molecule has 0 radical (unpaired) electrons. The van der Waals surface area contributed by atoms with Crippen LogP contribution >= 0.6 is 0 Å². The molecule has 5 aromatic rings. The van der Waals surface area contributed by atoms with Crippen molar-refractivity contribution >= 4 is 40.6 Å². The van der Waals surface area contributed by atoms with E-state index in [9.17, 15) is 23.6 Å². The third-order valence-electron chi connectivity index (χ3n) is 10.7. The lowest BCUT2D eigenvalue weighted by Gasteiger charge is -2.36. The Balaban J connectivity index is 0.00000436. The van der Waals surface area contributed by atoms with E-state index < -0.39 is 41.1 Å². The fourth-order valence-corrected chi connectivity index (χ4v) is 7.19. The van der Waals surface area contributed by atoms with E-state index in [1.165, 1.54) is 6.07 Å². The number of carbonyl (C=O) groups excluding carboxylic acids is 4. The maximum atomic E-state index is 14.5. The van der Waals surface area contributed by atoms with E-state index in [4.69, 9.17) is 14.5 Å². The number of benzene rings is 3. The molecule has 3 heterocycles. The Morgan fingerprint density at radius 3 is 2.33 bits per heavy atom. The first-order valence-corrected chi connectivity index (χ1v) is 20.8. The van der Waals surface area contributed by atoms with Crippen LogP contribution in [-0.2, 0) is 37.5 Å². The summed E-state index contributed by atoms with van der Waals surface area (Å²) < 4.78 is 25.5. The highest BCUT2D eigenvalue weighted by atomic mass is 19.1. The van der Waals surface area contributed by atoms with E-state index in [-0.39, 0.29) is 27.7 Å².